The van der Waals surface area contributed by atoms with Crippen LogP contribution in [0.15, 0.2) is 0 Å². The van der Waals surface area contributed by atoms with E-state index >= 15 is 0 Å². The standard InChI is InChI=1S/C12H23NO2/c1-2-9-3-5-10(6-4-9)11(13)7-8-12(14)15/h9-11H,2-8,13H2,1H3,(H,14,15). The van der Waals surface area contributed by atoms with E-state index in [9.17, 15) is 4.79 Å². The van der Waals surface area contributed by atoms with Crippen molar-refractivity contribution in [1.82, 2.24) is 0 Å². The first-order valence-corrected chi connectivity index (χ1v) is 6.10. The Balaban J connectivity index is 2.23. The minimum atomic E-state index is -0.729. The molecule has 3 N–H and O–H groups in total. The molecule has 3 heteroatoms. The van der Waals surface area contributed by atoms with E-state index in [1.807, 2.05) is 0 Å². The summed E-state index contributed by atoms with van der Waals surface area (Å²) in [6, 6.07) is 0.0962. The van der Waals surface area contributed by atoms with Crippen LogP contribution >= 0.6 is 0 Å². The van der Waals surface area contributed by atoms with Crippen molar-refractivity contribution in [3.05, 3.63) is 0 Å². The number of rotatable bonds is 5. The average molecular weight is 213 g/mol. The molecule has 0 radical (unpaired) electrons. The van der Waals surface area contributed by atoms with Crippen LogP contribution in [0, 0.1) is 11.8 Å². The molecule has 1 fully saturated rings. The first-order chi connectivity index (χ1) is 7.13. The molecular weight excluding hydrogens is 190 g/mol. The third-order valence-electron chi connectivity index (χ3n) is 3.77. The lowest BCUT2D eigenvalue weighted by Crippen LogP contribution is -2.33. The van der Waals surface area contributed by atoms with Crippen molar-refractivity contribution in [2.45, 2.75) is 57.9 Å². The summed E-state index contributed by atoms with van der Waals surface area (Å²) in [7, 11) is 0. The average Bonchev–Trinajstić information content (AvgIpc) is 2.26. The van der Waals surface area contributed by atoms with Crippen LogP contribution in [0.1, 0.15) is 51.9 Å². The second-order valence-corrected chi connectivity index (χ2v) is 4.79. The topological polar surface area (TPSA) is 63.3 Å². The molecule has 0 saturated heterocycles. The molecule has 0 amide bonds. The number of nitrogens with two attached hydrogens (primary N) is 1. The number of carboxylic acids is 1. The highest BCUT2D eigenvalue weighted by Gasteiger charge is 2.24. The summed E-state index contributed by atoms with van der Waals surface area (Å²) in [6.45, 7) is 2.25. The molecule has 15 heavy (non-hydrogen) atoms. The van der Waals surface area contributed by atoms with E-state index in [0.29, 0.717) is 12.3 Å². The summed E-state index contributed by atoms with van der Waals surface area (Å²) in [5.74, 6) is 0.716. The number of carboxylic acid groups (broad SMARTS) is 1. The number of hydrogen-bond acceptors (Lipinski definition) is 2. The molecule has 0 heterocycles. The minimum Gasteiger partial charge on any atom is -0.481 e. The van der Waals surface area contributed by atoms with Gasteiger partial charge in [-0.3, -0.25) is 4.79 Å². The van der Waals surface area contributed by atoms with Crippen molar-refractivity contribution >= 4 is 5.97 Å². The number of carbonyl (C=O) groups is 1. The maximum Gasteiger partial charge on any atom is 0.303 e. The van der Waals surface area contributed by atoms with Crippen LogP contribution in [-0.4, -0.2) is 17.1 Å². The van der Waals surface area contributed by atoms with E-state index in [4.69, 9.17) is 10.8 Å². The van der Waals surface area contributed by atoms with Crippen molar-refractivity contribution in [1.29, 1.82) is 0 Å². The van der Waals surface area contributed by atoms with Gasteiger partial charge in [0.2, 0.25) is 0 Å². The van der Waals surface area contributed by atoms with Crippen molar-refractivity contribution in [3.8, 4) is 0 Å². The molecule has 1 unspecified atom stereocenters. The highest BCUT2D eigenvalue weighted by atomic mass is 16.4. The minimum absolute atomic E-state index is 0.0962. The second kappa shape index (κ2) is 6.11. The summed E-state index contributed by atoms with van der Waals surface area (Å²) >= 11 is 0. The normalized spacial score (nSPS) is 28.7. The van der Waals surface area contributed by atoms with Crippen LogP contribution in [0.3, 0.4) is 0 Å². The lowest BCUT2D eigenvalue weighted by Gasteiger charge is -2.31. The molecule has 1 aliphatic rings. The smallest absolute Gasteiger partial charge is 0.303 e. The summed E-state index contributed by atoms with van der Waals surface area (Å²) in [5.41, 5.74) is 6.02. The molecule has 0 aromatic heterocycles. The first-order valence-electron chi connectivity index (χ1n) is 6.10. The summed E-state index contributed by atoms with van der Waals surface area (Å²) in [4.78, 5) is 10.4. The van der Waals surface area contributed by atoms with Crippen molar-refractivity contribution in [3.63, 3.8) is 0 Å². The van der Waals surface area contributed by atoms with E-state index in [1.165, 1.54) is 32.1 Å². The van der Waals surface area contributed by atoms with Crippen LogP contribution in [0.5, 0.6) is 0 Å². The highest BCUT2D eigenvalue weighted by molar-refractivity contribution is 5.66. The first kappa shape index (κ1) is 12.5. The van der Waals surface area contributed by atoms with Gasteiger partial charge in [0.25, 0.3) is 0 Å². The molecule has 0 aliphatic heterocycles. The Morgan fingerprint density at radius 1 is 1.40 bits per heavy atom. The predicted octanol–water partition coefficient (Wildman–Crippen LogP) is 2.39. The molecule has 0 spiro atoms. The van der Waals surface area contributed by atoms with Gasteiger partial charge < -0.3 is 10.8 Å². The van der Waals surface area contributed by atoms with Gasteiger partial charge in [0.05, 0.1) is 0 Å². The number of aliphatic carboxylic acids is 1. The Labute approximate surface area is 92.0 Å². The van der Waals surface area contributed by atoms with Crippen LogP contribution in [0.2, 0.25) is 0 Å². The van der Waals surface area contributed by atoms with Crippen LogP contribution in [0.4, 0.5) is 0 Å². The summed E-state index contributed by atoms with van der Waals surface area (Å²) < 4.78 is 0. The lowest BCUT2D eigenvalue weighted by molar-refractivity contribution is -0.137. The van der Waals surface area contributed by atoms with Gasteiger partial charge in [0.1, 0.15) is 0 Å². The third kappa shape index (κ3) is 4.20. The Kier molecular flexibility index (Phi) is 5.09. The molecular formula is C12H23NO2. The second-order valence-electron chi connectivity index (χ2n) is 4.79. The Morgan fingerprint density at radius 2 is 2.00 bits per heavy atom. The van der Waals surface area contributed by atoms with Gasteiger partial charge in [-0.05, 0) is 31.1 Å². The van der Waals surface area contributed by atoms with E-state index < -0.39 is 5.97 Å². The van der Waals surface area contributed by atoms with Gasteiger partial charge in [-0.25, -0.2) is 0 Å². The Bertz CT molecular complexity index is 198. The van der Waals surface area contributed by atoms with E-state index in [-0.39, 0.29) is 12.5 Å². The molecule has 1 atom stereocenters. The van der Waals surface area contributed by atoms with Crippen molar-refractivity contribution < 1.29 is 9.90 Å². The lowest BCUT2D eigenvalue weighted by atomic mass is 9.77. The molecule has 1 rings (SSSR count). The van der Waals surface area contributed by atoms with E-state index in [1.54, 1.807) is 0 Å². The van der Waals surface area contributed by atoms with Crippen LogP contribution in [-0.2, 0) is 4.79 Å². The van der Waals surface area contributed by atoms with Crippen LogP contribution in [0.25, 0.3) is 0 Å². The molecule has 3 nitrogen and oxygen atoms in total. The van der Waals surface area contributed by atoms with E-state index in [2.05, 4.69) is 6.92 Å². The molecule has 0 aromatic rings. The summed E-state index contributed by atoms with van der Waals surface area (Å²) in [6.07, 6.45) is 7.07. The quantitative estimate of drug-likeness (QED) is 0.737. The largest absolute Gasteiger partial charge is 0.481 e. The molecule has 1 aliphatic carbocycles. The molecule has 1 saturated carbocycles. The predicted molar refractivity (Wildman–Crippen MR) is 60.6 cm³/mol. The zero-order valence-electron chi connectivity index (χ0n) is 9.61. The van der Waals surface area contributed by atoms with Gasteiger partial charge >= 0.3 is 5.97 Å². The maximum atomic E-state index is 10.4. The monoisotopic (exact) mass is 213 g/mol. The van der Waals surface area contributed by atoms with Crippen molar-refractivity contribution in [2.24, 2.45) is 17.6 Å². The van der Waals surface area contributed by atoms with Crippen LogP contribution < -0.4 is 5.73 Å². The Morgan fingerprint density at radius 3 is 2.47 bits per heavy atom. The third-order valence-corrected chi connectivity index (χ3v) is 3.77. The van der Waals surface area contributed by atoms with E-state index in [0.717, 1.165) is 5.92 Å². The zero-order chi connectivity index (χ0) is 11.3. The van der Waals surface area contributed by atoms with Gasteiger partial charge in [0.15, 0.2) is 0 Å². The molecule has 0 bridgehead atoms. The van der Waals surface area contributed by atoms with Gasteiger partial charge in [-0.1, -0.05) is 26.2 Å². The van der Waals surface area contributed by atoms with Gasteiger partial charge in [0, 0.05) is 12.5 Å². The Hall–Kier alpha value is -0.570. The summed E-state index contributed by atoms with van der Waals surface area (Å²) in [5, 5.41) is 8.59. The van der Waals surface area contributed by atoms with Gasteiger partial charge in [-0.2, -0.15) is 0 Å². The SMILES string of the molecule is CCC1CCC(C(N)CCC(=O)O)CC1. The van der Waals surface area contributed by atoms with Gasteiger partial charge in [-0.15, -0.1) is 0 Å². The zero-order valence-corrected chi connectivity index (χ0v) is 9.61. The maximum absolute atomic E-state index is 10.4. The van der Waals surface area contributed by atoms with Crippen molar-refractivity contribution in [2.75, 3.05) is 0 Å². The number of hydrogen-bond donors (Lipinski definition) is 2. The molecule has 88 valence electrons. The molecule has 0 aromatic carbocycles. The fourth-order valence-corrected chi connectivity index (χ4v) is 2.55. The fraction of sp³-hybridized carbons (Fsp3) is 0.917. The highest BCUT2D eigenvalue weighted by Crippen LogP contribution is 2.32. The fourth-order valence-electron chi connectivity index (χ4n) is 2.55.